The average Bonchev–Trinajstić information content (AvgIpc) is 3.37. The minimum atomic E-state index is -0.541. The molecule has 3 heterocycles. The fourth-order valence-electron chi connectivity index (χ4n) is 2.71. The lowest BCUT2D eigenvalue weighted by molar-refractivity contribution is 0.0831. The number of hydrogen-bond donors (Lipinski definition) is 2. The molecule has 0 aliphatic carbocycles. The number of para-hydroxylation sites is 1. The van der Waals surface area contributed by atoms with Gasteiger partial charge in [-0.15, -0.1) is 0 Å². The highest BCUT2D eigenvalue weighted by Gasteiger charge is 2.16. The summed E-state index contributed by atoms with van der Waals surface area (Å²) in [5.41, 5.74) is 6.30. The lowest BCUT2D eigenvalue weighted by Crippen LogP contribution is -2.41. The number of benzene rings is 1. The molecule has 0 radical (unpaired) electrons. The molecule has 4 aromatic rings. The maximum atomic E-state index is 12.7. The molecule has 27 heavy (non-hydrogen) atoms. The van der Waals surface area contributed by atoms with Crippen molar-refractivity contribution in [1.29, 1.82) is 0 Å². The number of aromatic nitrogens is 1. The number of aryl methyl sites for hydroxylation is 1. The number of hydrogen-bond acceptors (Lipinski definition) is 5. The second kappa shape index (κ2) is 6.80. The van der Waals surface area contributed by atoms with E-state index in [-0.39, 0.29) is 5.76 Å². The van der Waals surface area contributed by atoms with Crippen LogP contribution in [-0.2, 0) is 0 Å². The third kappa shape index (κ3) is 3.30. The van der Waals surface area contributed by atoms with Crippen molar-refractivity contribution >= 4 is 22.7 Å². The van der Waals surface area contributed by atoms with Crippen LogP contribution in [0, 0.1) is 6.92 Å². The average molecular weight is 361 g/mol. The molecule has 0 bridgehead atoms. The van der Waals surface area contributed by atoms with Crippen molar-refractivity contribution in [3.05, 3.63) is 77.9 Å². The van der Waals surface area contributed by atoms with Crippen molar-refractivity contribution in [2.45, 2.75) is 6.92 Å². The van der Waals surface area contributed by atoms with E-state index in [1.165, 1.54) is 12.3 Å². The van der Waals surface area contributed by atoms with Gasteiger partial charge in [0.1, 0.15) is 11.5 Å². The molecule has 3 aromatic heterocycles. The Morgan fingerprint density at radius 1 is 0.963 bits per heavy atom. The van der Waals surface area contributed by atoms with Crippen molar-refractivity contribution in [1.82, 2.24) is 15.8 Å². The number of amides is 2. The number of furan rings is 2. The topological polar surface area (TPSA) is 97.4 Å². The van der Waals surface area contributed by atoms with Gasteiger partial charge in [0.15, 0.2) is 11.5 Å². The summed E-state index contributed by atoms with van der Waals surface area (Å²) < 4.78 is 10.6. The number of fused-ring (bicyclic) bond motifs is 1. The Bertz CT molecular complexity index is 1130. The second-order valence-corrected chi connectivity index (χ2v) is 5.87. The van der Waals surface area contributed by atoms with Gasteiger partial charge in [-0.05, 0) is 43.3 Å². The summed E-state index contributed by atoms with van der Waals surface area (Å²) in [5, 5.41) is 0.661. The van der Waals surface area contributed by atoms with Crippen molar-refractivity contribution in [2.24, 2.45) is 0 Å². The molecule has 7 nitrogen and oxygen atoms in total. The Balaban J connectivity index is 1.63. The van der Waals surface area contributed by atoms with Crippen LogP contribution in [0.3, 0.4) is 0 Å². The van der Waals surface area contributed by atoms with E-state index in [2.05, 4.69) is 15.8 Å². The lowest BCUT2D eigenvalue weighted by atomic mass is 10.1. The highest BCUT2D eigenvalue weighted by atomic mass is 16.4. The summed E-state index contributed by atoms with van der Waals surface area (Å²) in [4.78, 5) is 29.3. The van der Waals surface area contributed by atoms with Gasteiger partial charge in [0, 0.05) is 5.39 Å². The van der Waals surface area contributed by atoms with Crippen LogP contribution in [0.5, 0.6) is 0 Å². The van der Waals surface area contributed by atoms with Crippen molar-refractivity contribution in [3.63, 3.8) is 0 Å². The van der Waals surface area contributed by atoms with E-state index in [9.17, 15) is 9.59 Å². The minimum absolute atomic E-state index is 0.115. The molecule has 0 saturated carbocycles. The first-order valence-corrected chi connectivity index (χ1v) is 8.22. The van der Waals surface area contributed by atoms with Gasteiger partial charge in [0.25, 0.3) is 5.91 Å². The summed E-state index contributed by atoms with van der Waals surface area (Å²) in [7, 11) is 0. The third-order valence-corrected chi connectivity index (χ3v) is 3.99. The zero-order chi connectivity index (χ0) is 18.8. The lowest BCUT2D eigenvalue weighted by Gasteiger charge is -2.10. The molecule has 1 aromatic carbocycles. The van der Waals surface area contributed by atoms with Crippen LogP contribution in [0.1, 0.15) is 26.7 Å². The summed E-state index contributed by atoms with van der Waals surface area (Å²) >= 11 is 0. The van der Waals surface area contributed by atoms with E-state index >= 15 is 0 Å². The zero-order valence-electron chi connectivity index (χ0n) is 14.4. The Morgan fingerprint density at radius 2 is 1.78 bits per heavy atom. The number of nitrogens with one attached hydrogen (secondary N) is 2. The largest absolute Gasteiger partial charge is 0.463 e. The number of pyridine rings is 1. The quantitative estimate of drug-likeness (QED) is 0.545. The van der Waals surface area contributed by atoms with Crippen molar-refractivity contribution in [3.8, 4) is 11.5 Å². The van der Waals surface area contributed by atoms with Gasteiger partial charge in [-0.2, -0.15) is 0 Å². The minimum Gasteiger partial charge on any atom is -0.463 e. The Kier molecular flexibility index (Phi) is 4.18. The van der Waals surface area contributed by atoms with Gasteiger partial charge in [-0.25, -0.2) is 4.98 Å². The molecule has 0 spiro atoms. The maximum absolute atomic E-state index is 12.7. The smallest absolute Gasteiger partial charge is 0.305 e. The number of hydrazine groups is 1. The van der Waals surface area contributed by atoms with Crippen LogP contribution < -0.4 is 10.9 Å². The molecule has 0 atom stereocenters. The van der Waals surface area contributed by atoms with E-state index in [1.807, 2.05) is 18.2 Å². The molecule has 0 aliphatic rings. The highest BCUT2D eigenvalue weighted by molar-refractivity contribution is 6.07. The maximum Gasteiger partial charge on any atom is 0.305 e. The predicted molar refractivity (Wildman–Crippen MR) is 97.8 cm³/mol. The normalized spacial score (nSPS) is 10.7. The predicted octanol–water partition coefficient (Wildman–Crippen LogP) is 3.47. The summed E-state index contributed by atoms with van der Waals surface area (Å²) in [6, 6.07) is 15.6. The number of carbonyl (C=O) groups excluding carboxylic acids is 2. The number of carbonyl (C=O) groups is 2. The summed E-state index contributed by atoms with van der Waals surface area (Å²) in [6.45, 7) is 1.73. The van der Waals surface area contributed by atoms with Gasteiger partial charge in [-0.3, -0.25) is 20.4 Å². The van der Waals surface area contributed by atoms with E-state index in [0.29, 0.717) is 33.7 Å². The van der Waals surface area contributed by atoms with E-state index in [0.717, 1.165) is 0 Å². The molecule has 4 rings (SSSR count). The molecule has 0 saturated heterocycles. The van der Waals surface area contributed by atoms with Gasteiger partial charge in [0.2, 0.25) is 0 Å². The fourth-order valence-corrected chi connectivity index (χ4v) is 2.71. The molecular formula is C20H15N3O4. The monoisotopic (exact) mass is 361 g/mol. The SMILES string of the molecule is Cc1ccc(C(=O)NNC(=O)c2cc(-c3ccco3)nc3ccccc23)o1. The van der Waals surface area contributed by atoms with Crippen LogP contribution in [-0.4, -0.2) is 16.8 Å². The first-order valence-electron chi connectivity index (χ1n) is 8.22. The number of rotatable bonds is 3. The Labute approximate surface area is 154 Å². The van der Waals surface area contributed by atoms with Crippen LogP contribution in [0.25, 0.3) is 22.4 Å². The Hall–Kier alpha value is -3.87. The molecule has 0 fully saturated rings. The van der Waals surface area contributed by atoms with E-state index in [1.54, 1.807) is 37.3 Å². The van der Waals surface area contributed by atoms with Gasteiger partial charge in [0.05, 0.1) is 17.3 Å². The van der Waals surface area contributed by atoms with Crippen molar-refractivity contribution in [2.75, 3.05) is 0 Å². The summed E-state index contributed by atoms with van der Waals surface area (Å²) in [6.07, 6.45) is 1.54. The fraction of sp³-hybridized carbons (Fsp3) is 0.0500. The molecule has 2 N–H and O–H groups in total. The van der Waals surface area contributed by atoms with Crippen LogP contribution in [0.15, 0.2) is 69.7 Å². The molecule has 134 valence electrons. The van der Waals surface area contributed by atoms with Gasteiger partial charge >= 0.3 is 5.91 Å². The standard InChI is InChI=1S/C20H15N3O4/c1-12-8-9-18(27-12)20(25)23-22-19(24)14-11-16(17-7-4-10-26-17)21-15-6-3-2-5-13(14)15/h2-11H,1H3,(H,22,24)(H,23,25). The van der Waals surface area contributed by atoms with Gasteiger partial charge in [-0.1, -0.05) is 18.2 Å². The first-order chi connectivity index (χ1) is 13.1. The second-order valence-electron chi connectivity index (χ2n) is 5.87. The molecule has 2 amide bonds. The Morgan fingerprint density at radius 3 is 2.52 bits per heavy atom. The third-order valence-electron chi connectivity index (χ3n) is 3.99. The van der Waals surface area contributed by atoms with E-state index in [4.69, 9.17) is 8.83 Å². The van der Waals surface area contributed by atoms with Crippen molar-refractivity contribution < 1.29 is 18.4 Å². The van der Waals surface area contributed by atoms with Crippen LogP contribution >= 0.6 is 0 Å². The van der Waals surface area contributed by atoms with E-state index < -0.39 is 11.8 Å². The summed E-state index contributed by atoms with van der Waals surface area (Å²) in [5.74, 6) is 0.252. The van der Waals surface area contributed by atoms with Gasteiger partial charge < -0.3 is 8.83 Å². The van der Waals surface area contributed by atoms with Crippen LogP contribution in [0.2, 0.25) is 0 Å². The molecule has 7 heteroatoms. The molecule has 0 aliphatic heterocycles. The van der Waals surface area contributed by atoms with Crippen LogP contribution in [0.4, 0.5) is 0 Å². The number of nitrogens with zero attached hydrogens (tertiary/aromatic N) is 1. The first kappa shape index (κ1) is 16.6. The highest BCUT2D eigenvalue weighted by Crippen LogP contribution is 2.25. The molecule has 0 unspecified atom stereocenters. The molecular weight excluding hydrogens is 346 g/mol. The zero-order valence-corrected chi connectivity index (χ0v) is 14.4.